The first-order valence-electron chi connectivity index (χ1n) is 13.0. The highest BCUT2D eigenvalue weighted by molar-refractivity contribution is 5.98. The molecule has 0 bridgehead atoms. The number of rotatable bonds is 10. The van der Waals surface area contributed by atoms with E-state index in [-0.39, 0.29) is 30.1 Å². The van der Waals surface area contributed by atoms with Crippen molar-refractivity contribution >= 4 is 17.5 Å². The fraction of sp³-hybridized carbons (Fsp3) is 0.345. The Morgan fingerprint density at radius 3 is 2.38 bits per heavy atom. The lowest BCUT2D eigenvalue weighted by Crippen LogP contribution is -2.46. The predicted molar refractivity (Wildman–Crippen MR) is 150 cm³/mol. The number of Topliss-reactive ketones (excluding diaryl/α,β-unsaturated/α-hetero) is 1. The van der Waals surface area contributed by atoms with Gasteiger partial charge in [0.1, 0.15) is 6.54 Å². The van der Waals surface area contributed by atoms with Gasteiger partial charge in [0.15, 0.2) is 5.82 Å². The highest BCUT2D eigenvalue weighted by Crippen LogP contribution is 2.29. The number of hydrogen-bond acceptors (Lipinski definition) is 9. The van der Waals surface area contributed by atoms with Gasteiger partial charge in [0.25, 0.3) is 11.4 Å². The van der Waals surface area contributed by atoms with E-state index in [9.17, 15) is 14.4 Å². The summed E-state index contributed by atoms with van der Waals surface area (Å²) in [6.07, 6.45) is 3.28. The predicted octanol–water partition coefficient (Wildman–Crippen LogP) is 3.39. The quantitative estimate of drug-likeness (QED) is 0.288. The normalized spacial score (nSPS) is 12.3. The highest BCUT2D eigenvalue weighted by atomic mass is 16.4. The molecular formula is C29H33N7O4. The average molecular weight is 544 g/mol. The number of aromatic nitrogens is 5. The van der Waals surface area contributed by atoms with Crippen LogP contribution >= 0.6 is 0 Å². The van der Waals surface area contributed by atoms with Gasteiger partial charge in [-0.1, -0.05) is 50.2 Å². The molecule has 4 rings (SSSR count). The largest absolute Gasteiger partial charge is 0.417 e. The van der Waals surface area contributed by atoms with Gasteiger partial charge in [-0.05, 0) is 43.9 Å². The van der Waals surface area contributed by atoms with Crippen LogP contribution in [0.3, 0.4) is 0 Å². The number of anilines is 1. The summed E-state index contributed by atoms with van der Waals surface area (Å²) in [5, 5.41) is 13.6. The number of nitrogens with one attached hydrogen (secondary N) is 2. The van der Waals surface area contributed by atoms with Crippen molar-refractivity contribution < 1.29 is 14.0 Å². The lowest BCUT2D eigenvalue weighted by molar-refractivity contribution is -0.122. The third kappa shape index (κ3) is 5.83. The van der Waals surface area contributed by atoms with Crippen LogP contribution in [0, 0.1) is 12.8 Å². The number of pyridine rings is 1. The van der Waals surface area contributed by atoms with E-state index in [1.165, 1.54) is 10.8 Å². The zero-order valence-corrected chi connectivity index (χ0v) is 23.4. The molecule has 1 atom stereocenters. The van der Waals surface area contributed by atoms with Crippen LogP contribution in [0.2, 0.25) is 0 Å². The van der Waals surface area contributed by atoms with E-state index in [1.54, 1.807) is 27.1 Å². The Balaban J connectivity index is 1.57. The summed E-state index contributed by atoms with van der Waals surface area (Å²) in [5.74, 6) is -1.21. The molecule has 11 nitrogen and oxygen atoms in total. The van der Waals surface area contributed by atoms with Crippen molar-refractivity contribution in [3.63, 3.8) is 0 Å². The molecule has 0 aliphatic rings. The summed E-state index contributed by atoms with van der Waals surface area (Å²) in [6.45, 7) is 8.98. The lowest BCUT2D eigenvalue weighted by atomic mass is 9.88. The number of hydrogen-bond donors (Lipinski definition) is 2. The van der Waals surface area contributed by atoms with Crippen molar-refractivity contribution in [1.82, 2.24) is 30.0 Å². The van der Waals surface area contributed by atoms with E-state index in [2.05, 4.69) is 30.8 Å². The van der Waals surface area contributed by atoms with E-state index in [0.29, 0.717) is 11.4 Å². The molecular weight excluding hydrogens is 510 g/mol. The number of nitrogens with zero attached hydrogens (tertiary/aromatic N) is 5. The first kappa shape index (κ1) is 28.3. The van der Waals surface area contributed by atoms with Crippen LogP contribution in [0.4, 0.5) is 5.82 Å². The number of carbonyl (C=O) groups excluding carboxylic acids is 2. The molecule has 0 saturated heterocycles. The summed E-state index contributed by atoms with van der Waals surface area (Å²) < 4.78 is 7.14. The van der Waals surface area contributed by atoms with Gasteiger partial charge in [-0.3, -0.25) is 23.9 Å². The molecule has 0 aliphatic heterocycles. The van der Waals surface area contributed by atoms with Crippen molar-refractivity contribution in [2.24, 2.45) is 5.92 Å². The topological polar surface area (TPSA) is 145 Å². The van der Waals surface area contributed by atoms with E-state index in [4.69, 9.17) is 4.42 Å². The van der Waals surface area contributed by atoms with Crippen LogP contribution < -0.4 is 16.2 Å². The number of aryl methyl sites for hydroxylation is 1. The van der Waals surface area contributed by atoms with Gasteiger partial charge < -0.3 is 15.1 Å². The van der Waals surface area contributed by atoms with Crippen LogP contribution in [0.25, 0.3) is 11.3 Å². The Bertz CT molecular complexity index is 1560. The molecule has 0 aliphatic carbocycles. The van der Waals surface area contributed by atoms with Gasteiger partial charge in [-0.2, -0.15) is 0 Å². The molecule has 3 heterocycles. The van der Waals surface area contributed by atoms with Crippen LogP contribution in [-0.4, -0.2) is 49.5 Å². The first-order valence-corrected chi connectivity index (χ1v) is 13.0. The SMILES string of the molecule is CNc1ncc(-c2ccccc2)n(CC(=O)N[C@H](C(=O)c2nnc(C(C)(C)c3ccc(C)cn3)o2)C(C)C)c1=O. The zero-order valence-electron chi connectivity index (χ0n) is 23.4. The molecule has 0 unspecified atom stereocenters. The Morgan fingerprint density at radius 1 is 1.02 bits per heavy atom. The minimum atomic E-state index is -0.956. The maximum atomic E-state index is 13.4. The van der Waals surface area contributed by atoms with Crippen molar-refractivity contribution in [2.75, 3.05) is 12.4 Å². The summed E-state index contributed by atoms with van der Waals surface area (Å²) in [6, 6.07) is 12.0. The van der Waals surface area contributed by atoms with Crippen molar-refractivity contribution in [3.05, 3.63) is 88.3 Å². The highest BCUT2D eigenvalue weighted by Gasteiger charge is 2.35. The van der Waals surface area contributed by atoms with Gasteiger partial charge in [0.2, 0.25) is 17.6 Å². The minimum Gasteiger partial charge on any atom is -0.417 e. The third-order valence-corrected chi connectivity index (χ3v) is 6.65. The maximum Gasteiger partial charge on any atom is 0.294 e. The standard InChI is InChI=1S/C29H33N7O4/c1-17(2)23(24(38)26-34-35-28(40-26)29(4,5)21-13-12-18(3)14-31-21)33-22(37)16-36-20(19-10-8-7-9-11-19)15-32-25(30-6)27(36)39/h7-15,17,23H,16H2,1-6H3,(H,30,32)(H,33,37)/t23-/m0/s1. The van der Waals surface area contributed by atoms with Gasteiger partial charge in [-0.25, -0.2) is 4.98 Å². The summed E-state index contributed by atoms with van der Waals surface area (Å²) in [5.41, 5.74) is 1.73. The smallest absolute Gasteiger partial charge is 0.294 e. The van der Waals surface area contributed by atoms with E-state index in [1.807, 2.05) is 63.2 Å². The number of ketones is 1. The molecule has 1 aromatic carbocycles. The molecule has 0 radical (unpaired) electrons. The second-order valence-electron chi connectivity index (χ2n) is 10.4. The summed E-state index contributed by atoms with van der Waals surface area (Å²) >= 11 is 0. The Labute approximate surface area is 232 Å². The lowest BCUT2D eigenvalue weighted by Gasteiger charge is -2.21. The molecule has 11 heteroatoms. The van der Waals surface area contributed by atoms with Crippen molar-refractivity contribution in [3.8, 4) is 11.3 Å². The molecule has 40 heavy (non-hydrogen) atoms. The monoisotopic (exact) mass is 543 g/mol. The fourth-order valence-corrected chi connectivity index (χ4v) is 4.21. The number of carbonyl (C=O) groups is 2. The molecule has 0 spiro atoms. The second-order valence-corrected chi connectivity index (χ2v) is 10.4. The Morgan fingerprint density at radius 2 is 1.75 bits per heavy atom. The van der Waals surface area contributed by atoms with Crippen LogP contribution in [0.5, 0.6) is 0 Å². The van der Waals surface area contributed by atoms with E-state index >= 15 is 0 Å². The van der Waals surface area contributed by atoms with Crippen LogP contribution in [0.15, 0.2) is 64.1 Å². The molecule has 1 amide bonds. The van der Waals surface area contributed by atoms with Gasteiger partial charge in [0.05, 0.1) is 29.0 Å². The summed E-state index contributed by atoms with van der Waals surface area (Å²) in [7, 11) is 1.58. The molecule has 2 N–H and O–H groups in total. The zero-order chi connectivity index (χ0) is 29.0. The second kappa shape index (κ2) is 11.6. The maximum absolute atomic E-state index is 13.4. The van der Waals surface area contributed by atoms with Crippen LogP contribution in [0.1, 0.15) is 55.5 Å². The average Bonchev–Trinajstić information content (AvgIpc) is 3.44. The van der Waals surface area contributed by atoms with Gasteiger partial charge >= 0.3 is 0 Å². The molecule has 4 aromatic rings. The Kier molecular flexibility index (Phi) is 8.22. The van der Waals surface area contributed by atoms with Crippen LogP contribution in [-0.2, 0) is 16.8 Å². The van der Waals surface area contributed by atoms with E-state index in [0.717, 1.165) is 11.1 Å². The Hall–Kier alpha value is -4.67. The molecule has 3 aromatic heterocycles. The summed E-state index contributed by atoms with van der Waals surface area (Å²) in [4.78, 5) is 48.4. The van der Waals surface area contributed by atoms with Gasteiger partial charge in [-0.15, -0.1) is 10.2 Å². The first-order chi connectivity index (χ1) is 19.0. The number of benzene rings is 1. The van der Waals surface area contributed by atoms with Crippen molar-refractivity contribution in [1.29, 1.82) is 0 Å². The fourth-order valence-electron chi connectivity index (χ4n) is 4.21. The molecule has 0 saturated carbocycles. The van der Waals surface area contributed by atoms with E-state index < -0.39 is 28.7 Å². The third-order valence-electron chi connectivity index (χ3n) is 6.65. The van der Waals surface area contributed by atoms with Crippen molar-refractivity contribution in [2.45, 2.75) is 52.6 Å². The molecule has 0 fully saturated rings. The van der Waals surface area contributed by atoms with Gasteiger partial charge in [0, 0.05) is 13.2 Å². The minimum absolute atomic E-state index is 0.105. The number of amides is 1. The molecule has 208 valence electrons.